The smallest absolute Gasteiger partial charge is 0.151 e. The van der Waals surface area contributed by atoms with Crippen LogP contribution in [-0.2, 0) is 6.61 Å². The predicted octanol–water partition coefficient (Wildman–Crippen LogP) is 7.31. The summed E-state index contributed by atoms with van der Waals surface area (Å²) in [7, 11) is 0. The second-order valence-electron chi connectivity index (χ2n) is 7.78. The number of benzene rings is 2. The zero-order chi connectivity index (χ0) is 23.1. The minimum atomic E-state index is 0. The predicted molar refractivity (Wildman–Crippen MR) is 143 cm³/mol. The first-order chi connectivity index (χ1) is 15.4. The molecule has 178 valence electrons. The van der Waals surface area contributed by atoms with Crippen molar-refractivity contribution in [2.45, 2.75) is 49.2 Å². The van der Waals surface area contributed by atoms with Crippen LogP contribution in [-0.4, -0.2) is 21.4 Å². The van der Waals surface area contributed by atoms with Crippen LogP contribution in [0, 0.1) is 27.7 Å². The minimum absolute atomic E-state index is 0. The van der Waals surface area contributed by atoms with Crippen molar-refractivity contribution in [3.63, 3.8) is 0 Å². The maximum atomic E-state index is 10.7. The molecule has 0 bridgehead atoms. The summed E-state index contributed by atoms with van der Waals surface area (Å²) >= 11 is 0. The van der Waals surface area contributed by atoms with Gasteiger partial charge in [-0.05, 0) is 67.6 Å². The van der Waals surface area contributed by atoms with E-state index in [-0.39, 0.29) is 21.5 Å². The number of rotatable bonds is 4. The number of aliphatic hydroxyl groups is 1. The van der Waals surface area contributed by atoms with Crippen LogP contribution in [0.4, 0.5) is 0 Å². The topological polar surface area (TPSA) is 63.1 Å². The molecule has 0 aliphatic heterocycles. The summed E-state index contributed by atoms with van der Waals surface area (Å²) in [5.74, 6) is 0. The number of aldehydes is 1. The number of carbonyl (C=O) groups excluding carboxylic acids is 1. The Morgan fingerprint density at radius 1 is 0.706 bits per heavy atom. The first-order valence-electron chi connectivity index (χ1n) is 10.5. The molecule has 4 nitrogen and oxygen atoms in total. The summed E-state index contributed by atoms with van der Waals surface area (Å²) in [5.41, 5.74) is 10.3. The van der Waals surface area contributed by atoms with E-state index >= 15 is 0 Å². The van der Waals surface area contributed by atoms with E-state index in [2.05, 4.69) is 42.0 Å². The maximum absolute atomic E-state index is 10.7. The quantitative estimate of drug-likeness (QED) is 0.327. The molecule has 0 aliphatic carbocycles. The van der Waals surface area contributed by atoms with Crippen molar-refractivity contribution in [1.82, 2.24) is 9.97 Å². The van der Waals surface area contributed by atoms with Gasteiger partial charge in [0.15, 0.2) is 6.29 Å². The Bertz CT molecular complexity index is 1230. The van der Waals surface area contributed by atoms with Crippen molar-refractivity contribution < 1.29 is 9.90 Å². The number of carbonyl (C=O) groups is 1. The average Bonchev–Trinajstić information content (AvgIpc) is 2.81. The van der Waals surface area contributed by atoms with Gasteiger partial charge in [0.2, 0.25) is 0 Å². The van der Waals surface area contributed by atoms with Crippen LogP contribution in [0.1, 0.15) is 53.3 Å². The Kier molecular flexibility index (Phi) is 11.0. The van der Waals surface area contributed by atoms with Gasteiger partial charge in [-0.15, -0.1) is 0 Å². The molecule has 0 saturated carbocycles. The van der Waals surface area contributed by atoms with Gasteiger partial charge in [0.25, 0.3) is 0 Å². The van der Waals surface area contributed by atoms with Crippen LogP contribution in [0.5, 0.6) is 0 Å². The van der Waals surface area contributed by atoms with Gasteiger partial charge in [-0.2, -0.15) is 0 Å². The van der Waals surface area contributed by atoms with E-state index < -0.39 is 0 Å². The van der Waals surface area contributed by atoms with Gasteiger partial charge in [0.1, 0.15) is 0 Å². The van der Waals surface area contributed by atoms with Gasteiger partial charge in [-0.3, -0.25) is 14.8 Å². The molecule has 2 heterocycles. The van der Waals surface area contributed by atoms with Gasteiger partial charge < -0.3 is 5.11 Å². The third-order valence-corrected chi connectivity index (χ3v) is 5.44. The van der Waals surface area contributed by atoms with Crippen molar-refractivity contribution in [3.8, 4) is 22.3 Å². The Balaban J connectivity index is 0.000000321. The van der Waals surface area contributed by atoms with Crippen molar-refractivity contribution in [3.05, 3.63) is 107 Å². The fraction of sp³-hybridized carbons (Fsp3) is 0.233. The van der Waals surface area contributed by atoms with Gasteiger partial charge >= 0.3 is 0 Å². The SMILES string of the molecule is C.C.Cc1ccccc1-c1cc(C=O)cnc1C.Cc1ccccc1-c1cc(CO)cnc1C. The Labute approximate surface area is 204 Å². The third-order valence-electron chi connectivity index (χ3n) is 5.44. The second kappa shape index (κ2) is 13.2. The lowest BCUT2D eigenvalue weighted by Crippen LogP contribution is -1.93. The molecular formula is C30H36N2O2. The molecule has 1 N–H and O–H groups in total. The normalized spacial score (nSPS) is 9.68. The minimum Gasteiger partial charge on any atom is -0.392 e. The molecule has 4 aromatic rings. The Morgan fingerprint density at radius 2 is 1.18 bits per heavy atom. The van der Waals surface area contributed by atoms with E-state index in [1.165, 1.54) is 16.7 Å². The molecule has 0 saturated heterocycles. The van der Waals surface area contributed by atoms with Crippen LogP contribution in [0.3, 0.4) is 0 Å². The first-order valence-corrected chi connectivity index (χ1v) is 10.5. The number of nitrogens with zero attached hydrogens (tertiary/aromatic N) is 2. The maximum Gasteiger partial charge on any atom is 0.151 e. The van der Waals surface area contributed by atoms with E-state index in [1.807, 2.05) is 56.3 Å². The standard InChI is InChI=1S/C14H15NO.C14H13NO.2CH4/c2*1-10-5-3-4-6-13(10)14-7-12(9-16)8-15-11(14)2;;/h3-8,16H,9H2,1-2H3;3-9H,1-2H3;2*1H4. The van der Waals surface area contributed by atoms with Crippen LogP contribution >= 0.6 is 0 Å². The van der Waals surface area contributed by atoms with Crippen molar-refractivity contribution in [1.29, 1.82) is 0 Å². The average molecular weight is 457 g/mol. The number of aromatic nitrogens is 2. The molecule has 4 rings (SSSR count). The summed E-state index contributed by atoms with van der Waals surface area (Å²) in [6, 6.07) is 20.2. The second-order valence-corrected chi connectivity index (χ2v) is 7.78. The summed E-state index contributed by atoms with van der Waals surface area (Å²) in [5, 5.41) is 9.13. The van der Waals surface area contributed by atoms with Gasteiger partial charge in [0, 0.05) is 40.5 Å². The number of hydrogen-bond donors (Lipinski definition) is 1. The first kappa shape index (κ1) is 28.4. The number of pyridine rings is 2. The van der Waals surface area contributed by atoms with E-state index in [0.717, 1.165) is 39.9 Å². The molecule has 4 heteroatoms. The lowest BCUT2D eigenvalue weighted by Gasteiger charge is -2.09. The lowest BCUT2D eigenvalue weighted by molar-refractivity contribution is 0.112. The number of aryl methyl sites for hydroxylation is 4. The highest BCUT2D eigenvalue weighted by molar-refractivity contribution is 5.79. The number of hydrogen-bond acceptors (Lipinski definition) is 4. The van der Waals surface area contributed by atoms with Gasteiger partial charge in [0.05, 0.1) is 6.61 Å². The number of aliphatic hydroxyl groups excluding tert-OH is 1. The van der Waals surface area contributed by atoms with E-state index in [0.29, 0.717) is 5.56 Å². The van der Waals surface area contributed by atoms with Crippen LogP contribution < -0.4 is 0 Å². The van der Waals surface area contributed by atoms with Crippen LogP contribution in [0.2, 0.25) is 0 Å². The van der Waals surface area contributed by atoms with Crippen molar-refractivity contribution >= 4 is 6.29 Å². The van der Waals surface area contributed by atoms with Gasteiger partial charge in [-0.25, -0.2) is 0 Å². The van der Waals surface area contributed by atoms with Crippen molar-refractivity contribution in [2.24, 2.45) is 0 Å². The summed E-state index contributed by atoms with van der Waals surface area (Å²) in [4.78, 5) is 19.3. The summed E-state index contributed by atoms with van der Waals surface area (Å²) < 4.78 is 0. The highest BCUT2D eigenvalue weighted by Crippen LogP contribution is 2.27. The molecule has 0 amide bonds. The molecule has 2 aromatic heterocycles. The fourth-order valence-electron chi connectivity index (χ4n) is 3.57. The Hall–Kier alpha value is -3.63. The van der Waals surface area contributed by atoms with E-state index in [1.54, 1.807) is 12.4 Å². The summed E-state index contributed by atoms with van der Waals surface area (Å²) in [6.07, 6.45) is 4.15. The van der Waals surface area contributed by atoms with Crippen LogP contribution in [0.15, 0.2) is 73.1 Å². The van der Waals surface area contributed by atoms with Crippen LogP contribution in [0.25, 0.3) is 22.3 Å². The third kappa shape index (κ3) is 6.69. The monoisotopic (exact) mass is 456 g/mol. The molecule has 0 spiro atoms. The van der Waals surface area contributed by atoms with E-state index in [4.69, 9.17) is 5.11 Å². The van der Waals surface area contributed by atoms with Crippen molar-refractivity contribution in [2.75, 3.05) is 0 Å². The molecule has 34 heavy (non-hydrogen) atoms. The molecule has 0 atom stereocenters. The summed E-state index contributed by atoms with van der Waals surface area (Å²) in [6.45, 7) is 8.12. The van der Waals surface area contributed by atoms with Gasteiger partial charge in [-0.1, -0.05) is 63.4 Å². The molecule has 0 unspecified atom stereocenters. The zero-order valence-electron chi connectivity index (χ0n) is 19.0. The van der Waals surface area contributed by atoms with E-state index in [9.17, 15) is 4.79 Å². The zero-order valence-corrected chi connectivity index (χ0v) is 19.0. The lowest BCUT2D eigenvalue weighted by atomic mass is 9.98. The largest absolute Gasteiger partial charge is 0.392 e. The molecular weight excluding hydrogens is 420 g/mol. The molecule has 0 aliphatic rings. The Morgan fingerprint density at radius 3 is 1.65 bits per heavy atom. The fourth-order valence-corrected chi connectivity index (χ4v) is 3.57. The highest BCUT2D eigenvalue weighted by atomic mass is 16.3. The molecule has 0 radical (unpaired) electrons. The molecule has 0 fully saturated rings. The highest BCUT2D eigenvalue weighted by Gasteiger charge is 2.07. The molecule has 2 aromatic carbocycles.